The van der Waals surface area contributed by atoms with Gasteiger partial charge in [0.05, 0.1) is 22.3 Å². The molecule has 37 heavy (non-hydrogen) atoms. The maximum Gasteiger partial charge on any atom is 0.243 e. The SMILES string of the molecule is CCS(=O)(=O)c1ccc2cc1CNC(=O)[C@H](Nc1ccc(C#N)cc1)C1C=C=C(C=C1)CCCC(=O)N2. The standard InChI is InChI=1S/C28H28N4O4S/c1-2-37(35,36)25-15-14-24-16-22(25)18-30-28(34)27(32-23-12-8-20(17-29)9-13-23)21-10-6-19(7-11-21)4-3-5-26(33)31-24/h6,8-16,21,27,32H,2-5,18H2,1H3,(H,30,34)(H,31,33)/t21?,27-/m1/s1. The zero-order chi connectivity index (χ0) is 26.4. The van der Waals surface area contributed by atoms with E-state index in [1.807, 2.05) is 18.2 Å². The smallest absolute Gasteiger partial charge is 0.243 e. The lowest BCUT2D eigenvalue weighted by molar-refractivity contribution is -0.122. The molecular formula is C28H28N4O4S. The van der Waals surface area contributed by atoms with E-state index >= 15 is 0 Å². The summed E-state index contributed by atoms with van der Waals surface area (Å²) in [6, 6.07) is 12.8. The molecule has 8 nitrogen and oxygen atoms in total. The molecule has 4 bridgehead atoms. The number of fused-ring (bicyclic) bond motifs is 7. The van der Waals surface area contributed by atoms with Crippen LogP contribution >= 0.6 is 0 Å². The number of nitrogens with zero attached hydrogens (tertiary/aromatic N) is 1. The summed E-state index contributed by atoms with van der Waals surface area (Å²) in [5.74, 6) is -0.903. The van der Waals surface area contributed by atoms with Gasteiger partial charge < -0.3 is 16.0 Å². The first kappa shape index (κ1) is 26.0. The average molecular weight is 517 g/mol. The monoisotopic (exact) mass is 516 g/mol. The van der Waals surface area contributed by atoms with Crippen molar-refractivity contribution in [3.05, 3.63) is 83.1 Å². The molecule has 3 N–H and O–H groups in total. The average Bonchev–Trinajstić information content (AvgIpc) is 2.90. The van der Waals surface area contributed by atoms with Gasteiger partial charge in [-0.15, -0.1) is 5.73 Å². The Morgan fingerprint density at radius 3 is 2.59 bits per heavy atom. The van der Waals surface area contributed by atoms with Gasteiger partial charge in [-0.2, -0.15) is 5.26 Å². The van der Waals surface area contributed by atoms with Gasteiger partial charge >= 0.3 is 0 Å². The van der Waals surface area contributed by atoms with Gasteiger partial charge in [-0.3, -0.25) is 9.59 Å². The fourth-order valence-electron chi connectivity index (χ4n) is 4.26. The number of amides is 2. The van der Waals surface area contributed by atoms with Gasteiger partial charge in [0.25, 0.3) is 0 Å². The number of rotatable bonds is 4. The molecule has 0 saturated carbocycles. The molecule has 2 aromatic carbocycles. The number of nitriles is 1. The summed E-state index contributed by atoms with van der Waals surface area (Å²) in [5, 5.41) is 18.0. The number of benzene rings is 2. The molecule has 3 aliphatic rings. The second-order valence-corrected chi connectivity index (χ2v) is 11.2. The largest absolute Gasteiger partial charge is 0.373 e. The maximum atomic E-state index is 13.5. The Kier molecular flexibility index (Phi) is 7.92. The predicted molar refractivity (Wildman–Crippen MR) is 141 cm³/mol. The van der Waals surface area contributed by atoms with Crippen LogP contribution in [0.2, 0.25) is 0 Å². The molecule has 2 amide bonds. The molecule has 2 heterocycles. The molecule has 0 saturated heterocycles. The van der Waals surface area contributed by atoms with Crippen molar-refractivity contribution in [1.82, 2.24) is 5.32 Å². The highest BCUT2D eigenvalue weighted by Crippen LogP contribution is 2.25. The highest BCUT2D eigenvalue weighted by atomic mass is 32.2. The first-order valence-electron chi connectivity index (χ1n) is 12.1. The summed E-state index contributed by atoms with van der Waals surface area (Å²) in [6.07, 6.45) is 7.27. The van der Waals surface area contributed by atoms with Gasteiger partial charge in [0.15, 0.2) is 9.84 Å². The Labute approximate surface area is 216 Å². The van der Waals surface area contributed by atoms with Crippen molar-refractivity contribution in [1.29, 1.82) is 5.26 Å². The summed E-state index contributed by atoms with van der Waals surface area (Å²) in [6.45, 7) is 1.52. The molecular weight excluding hydrogens is 488 g/mol. The van der Waals surface area contributed by atoms with Crippen LogP contribution < -0.4 is 16.0 Å². The fourth-order valence-corrected chi connectivity index (χ4v) is 5.38. The first-order chi connectivity index (χ1) is 17.8. The van der Waals surface area contributed by atoms with Gasteiger partial charge in [-0.25, -0.2) is 8.42 Å². The van der Waals surface area contributed by atoms with Crippen molar-refractivity contribution in [3.8, 4) is 6.07 Å². The van der Waals surface area contributed by atoms with Crippen LogP contribution in [0.25, 0.3) is 0 Å². The minimum absolute atomic E-state index is 0.0378. The third-order valence-corrected chi connectivity index (χ3v) is 8.18. The number of carbonyl (C=O) groups is 2. The minimum atomic E-state index is -3.56. The summed E-state index contributed by atoms with van der Waals surface area (Å²) in [7, 11) is -3.56. The van der Waals surface area contributed by atoms with Crippen LogP contribution in [0, 0.1) is 17.2 Å². The summed E-state index contributed by atoms with van der Waals surface area (Å²) < 4.78 is 25.4. The van der Waals surface area contributed by atoms with Crippen LogP contribution in [0.5, 0.6) is 0 Å². The molecule has 1 aliphatic carbocycles. The van der Waals surface area contributed by atoms with E-state index in [1.165, 1.54) is 6.07 Å². The molecule has 9 heteroatoms. The van der Waals surface area contributed by atoms with Crippen molar-refractivity contribution in [2.45, 2.75) is 43.7 Å². The van der Waals surface area contributed by atoms with Crippen molar-refractivity contribution in [3.63, 3.8) is 0 Å². The molecule has 0 fully saturated rings. The first-order valence-corrected chi connectivity index (χ1v) is 13.8. The Morgan fingerprint density at radius 2 is 1.92 bits per heavy atom. The van der Waals surface area contributed by atoms with Crippen molar-refractivity contribution >= 4 is 33.0 Å². The van der Waals surface area contributed by atoms with E-state index in [0.717, 1.165) is 5.57 Å². The summed E-state index contributed by atoms with van der Waals surface area (Å²) >= 11 is 0. The van der Waals surface area contributed by atoms with Gasteiger partial charge in [0, 0.05) is 30.3 Å². The topological polar surface area (TPSA) is 128 Å². The zero-order valence-electron chi connectivity index (χ0n) is 20.5. The molecule has 1 unspecified atom stereocenters. The van der Waals surface area contributed by atoms with E-state index < -0.39 is 15.9 Å². The van der Waals surface area contributed by atoms with Gasteiger partial charge in [0.1, 0.15) is 6.04 Å². The number of nitrogens with one attached hydrogen (secondary N) is 3. The molecule has 5 rings (SSSR count). The van der Waals surface area contributed by atoms with Crippen LogP contribution in [0.15, 0.2) is 76.9 Å². The lowest BCUT2D eigenvalue weighted by Gasteiger charge is -2.25. The molecule has 2 aromatic rings. The molecule has 0 radical (unpaired) electrons. The van der Waals surface area contributed by atoms with E-state index in [-0.39, 0.29) is 34.9 Å². The summed E-state index contributed by atoms with van der Waals surface area (Å²) in [4.78, 5) is 26.0. The van der Waals surface area contributed by atoms with Crippen LogP contribution in [-0.4, -0.2) is 32.0 Å². The predicted octanol–water partition coefficient (Wildman–Crippen LogP) is 3.84. The summed E-state index contributed by atoms with van der Waals surface area (Å²) in [5.41, 5.74) is 6.25. The van der Waals surface area contributed by atoms with Gasteiger partial charge in [-0.05, 0) is 72.5 Å². The Bertz CT molecular complexity index is 1450. The number of sulfone groups is 1. The van der Waals surface area contributed by atoms with Crippen molar-refractivity contribution < 1.29 is 18.0 Å². The number of allylic oxidation sites excluding steroid dienone is 1. The highest BCUT2D eigenvalue weighted by Gasteiger charge is 2.27. The number of hydrogen-bond acceptors (Lipinski definition) is 6. The molecule has 2 aliphatic heterocycles. The second kappa shape index (κ2) is 11.3. The Hall–Kier alpha value is -4.12. The van der Waals surface area contributed by atoms with Crippen molar-refractivity contribution in [2.24, 2.45) is 5.92 Å². The molecule has 0 spiro atoms. The third kappa shape index (κ3) is 6.36. The van der Waals surface area contributed by atoms with Crippen molar-refractivity contribution in [2.75, 3.05) is 16.4 Å². The van der Waals surface area contributed by atoms with E-state index in [4.69, 9.17) is 5.26 Å². The Morgan fingerprint density at radius 1 is 1.14 bits per heavy atom. The molecule has 2 atom stereocenters. The second-order valence-electron chi connectivity index (χ2n) is 8.93. The van der Waals surface area contributed by atoms with E-state index in [1.54, 1.807) is 43.3 Å². The highest BCUT2D eigenvalue weighted by molar-refractivity contribution is 7.91. The third-order valence-electron chi connectivity index (χ3n) is 6.35. The normalized spacial score (nSPS) is 19.9. The number of anilines is 2. The van der Waals surface area contributed by atoms with Gasteiger partial charge in [0.2, 0.25) is 11.8 Å². The number of hydrogen-bond donors (Lipinski definition) is 3. The fraction of sp³-hybridized carbons (Fsp3) is 0.286. The zero-order valence-corrected chi connectivity index (χ0v) is 21.3. The number of carbonyl (C=O) groups excluding carboxylic acids is 2. The molecule has 0 aromatic heterocycles. The van der Waals surface area contributed by atoms with E-state index in [9.17, 15) is 18.0 Å². The maximum absolute atomic E-state index is 13.5. The van der Waals surface area contributed by atoms with Crippen LogP contribution in [0.1, 0.15) is 37.3 Å². The lowest BCUT2D eigenvalue weighted by Crippen LogP contribution is -2.43. The van der Waals surface area contributed by atoms with Gasteiger partial charge in [-0.1, -0.05) is 19.1 Å². The quantitative estimate of drug-likeness (QED) is 0.530. The van der Waals surface area contributed by atoms with Crippen LogP contribution in [-0.2, 0) is 26.0 Å². The van der Waals surface area contributed by atoms with E-state index in [2.05, 4.69) is 27.8 Å². The van der Waals surface area contributed by atoms with E-state index in [0.29, 0.717) is 41.8 Å². The Balaban J connectivity index is 1.69. The van der Waals surface area contributed by atoms with Crippen LogP contribution in [0.3, 0.4) is 0 Å². The van der Waals surface area contributed by atoms with Crippen LogP contribution in [0.4, 0.5) is 11.4 Å². The minimum Gasteiger partial charge on any atom is -0.373 e. The lowest BCUT2D eigenvalue weighted by atomic mass is 9.92. The molecule has 190 valence electrons.